The van der Waals surface area contributed by atoms with Crippen LogP contribution in [0.5, 0.6) is 11.5 Å². The Morgan fingerprint density at radius 1 is 1.00 bits per heavy atom. The molecule has 8 heteroatoms. The van der Waals surface area contributed by atoms with E-state index in [2.05, 4.69) is 14.7 Å². The number of rotatable bonds is 7. The zero-order valence-electron chi connectivity index (χ0n) is 12.6. The quantitative estimate of drug-likeness (QED) is 0.261. The van der Waals surface area contributed by atoms with Gasteiger partial charge in [0.15, 0.2) is 5.84 Å². The van der Waals surface area contributed by atoms with Crippen LogP contribution in [0.15, 0.2) is 23.4 Å². The number of carbonyl (C=O) groups is 2. The van der Waals surface area contributed by atoms with Crippen molar-refractivity contribution in [3.05, 3.63) is 23.8 Å². The Kier molecular flexibility index (Phi) is 6.68. The second-order valence-corrected chi connectivity index (χ2v) is 4.12. The smallest absolute Gasteiger partial charge is 0.335 e. The zero-order chi connectivity index (χ0) is 16.5. The van der Waals surface area contributed by atoms with Gasteiger partial charge >= 0.3 is 11.9 Å². The molecule has 0 atom stereocenters. The van der Waals surface area contributed by atoms with Crippen LogP contribution < -0.4 is 15.2 Å². The Morgan fingerprint density at radius 2 is 1.55 bits per heavy atom. The third-order valence-corrected chi connectivity index (χ3v) is 2.65. The second-order valence-electron chi connectivity index (χ2n) is 4.12. The number of ether oxygens (including phenoxy) is 3. The van der Waals surface area contributed by atoms with Gasteiger partial charge in [0, 0.05) is 11.6 Å². The van der Waals surface area contributed by atoms with Crippen molar-refractivity contribution < 1.29 is 28.6 Å². The third-order valence-electron chi connectivity index (χ3n) is 2.65. The fraction of sp³-hybridized carbons (Fsp3) is 0.357. The molecule has 0 aliphatic heterocycles. The van der Waals surface area contributed by atoms with Gasteiger partial charge < -0.3 is 24.8 Å². The van der Waals surface area contributed by atoms with Crippen molar-refractivity contribution in [1.82, 2.24) is 0 Å². The van der Waals surface area contributed by atoms with Gasteiger partial charge in [-0.2, -0.15) is 0 Å². The zero-order valence-corrected chi connectivity index (χ0v) is 12.6. The molecule has 0 aliphatic carbocycles. The molecule has 1 aromatic rings. The second kappa shape index (κ2) is 8.50. The van der Waals surface area contributed by atoms with Gasteiger partial charge in [0.05, 0.1) is 34.2 Å². The van der Waals surface area contributed by atoms with E-state index >= 15 is 0 Å². The van der Waals surface area contributed by atoms with Gasteiger partial charge in [-0.05, 0) is 12.1 Å². The maximum Gasteiger partial charge on any atom is 0.335 e. The molecule has 1 aromatic carbocycles. The van der Waals surface area contributed by atoms with Crippen LogP contribution in [0.2, 0.25) is 0 Å². The number of hydrogen-bond donors (Lipinski definition) is 1. The predicted molar refractivity (Wildman–Crippen MR) is 77.6 cm³/mol. The summed E-state index contributed by atoms with van der Waals surface area (Å²) >= 11 is 0. The Balaban J connectivity index is 2.72. The summed E-state index contributed by atoms with van der Waals surface area (Å²) in [5.74, 6) is -0.188. The summed E-state index contributed by atoms with van der Waals surface area (Å²) in [7, 11) is 4.23. The van der Waals surface area contributed by atoms with Crippen LogP contribution in [0.4, 0.5) is 0 Å². The van der Waals surface area contributed by atoms with E-state index in [1.165, 1.54) is 21.3 Å². The number of hydrogen-bond acceptors (Lipinski definition) is 7. The summed E-state index contributed by atoms with van der Waals surface area (Å²) in [6, 6.07) is 4.90. The van der Waals surface area contributed by atoms with Gasteiger partial charge in [-0.25, -0.2) is 4.79 Å². The molecular formula is C14H18N2O6. The lowest BCUT2D eigenvalue weighted by molar-refractivity contribution is -0.148. The highest BCUT2D eigenvalue weighted by Gasteiger charge is 2.10. The number of esters is 1. The van der Waals surface area contributed by atoms with Crippen molar-refractivity contribution in [3.63, 3.8) is 0 Å². The normalized spacial score (nSPS) is 10.8. The maximum atomic E-state index is 11.4. The summed E-state index contributed by atoms with van der Waals surface area (Å²) in [5.41, 5.74) is 6.21. The average Bonchev–Trinajstić information content (AvgIpc) is 2.56. The molecule has 1 rings (SSSR count). The van der Waals surface area contributed by atoms with Crippen LogP contribution >= 0.6 is 0 Å². The first-order chi connectivity index (χ1) is 10.5. The highest BCUT2D eigenvalue weighted by Crippen LogP contribution is 2.22. The molecule has 0 amide bonds. The summed E-state index contributed by atoms with van der Waals surface area (Å²) in [4.78, 5) is 26.9. The van der Waals surface area contributed by atoms with E-state index in [1.54, 1.807) is 18.2 Å². The molecule has 0 spiro atoms. The molecule has 0 saturated carbocycles. The lowest BCUT2D eigenvalue weighted by Crippen LogP contribution is -2.16. The number of benzene rings is 1. The number of methoxy groups -OCH3 is 3. The molecule has 0 fully saturated rings. The summed E-state index contributed by atoms with van der Waals surface area (Å²) in [6.07, 6.45) is -0.234. The van der Waals surface area contributed by atoms with Crippen LogP contribution in [-0.2, 0) is 19.2 Å². The van der Waals surface area contributed by atoms with Crippen molar-refractivity contribution in [3.8, 4) is 11.5 Å². The van der Waals surface area contributed by atoms with Crippen LogP contribution in [0.25, 0.3) is 0 Å². The summed E-state index contributed by atoms with van der Waals surface area (Å²) in [6.45, 7) is 0. The Morgan fingerprint density at radius 3 is 2.05 bits per heavy atom. The van der Waals surface area contributed by atoms with Crippen molar-refractivity contribution in [1.29, 1.82) is 0 Å². The van der Waals surface area contributed by atoms with Gasteiger partial charge in [0.2, 0.25) is 0 Å². The fourth-order valence-corrected chi connectivity index (χ4v) is 1.46. The number of carbonyl (C=O) groups excluding carboxylic acids is 2. The van der Waals surface area contributed by atoms with Crippen LogP contribution in [0.3, 0.4) is 0 Å². The van der Waals surface area contributed by atoms with E-state index in [-0.39, 0.29) is 18.7 Å². The van der Waals surface area contributed by atoms with Crippen molar-refractivity contribution in [2.24, 2.45) is 10.9 Å². The lowest BCUT2D eigenvalue weighted by Gasteiger charge is -2.07. The van der Waals surface area contributed by atoms with E-state index in [9.17, 15) is 9.59 Å². The highest BCUT2D eigenvalue weighted by atomic mass is 16.7. The van der Waals surface area contributed by atoms with Gasteiger partial charge in [-0.1, -0.05) is 5.16 Å². The number of nitrogens with zero attached hydrogens (tertiary/aromatic N) is 1. The van der Waals surface area contributed by atoms with Crippen molar-refractivity contribution in [2.75, 3.05) is 21.3 Å². The first-order valence-corrected chi connectivity index (χ1v) is 6.33. The summed E-state index contributed by atoms with van der Waals surface area (Å²) in [5, 5.41) is 3.53. The number of oxime groups is 1. The molecule has 120 valence electrons. The van der Waals surface area contributed by atoms with Gasteiger partial charge in [0.25, 0.3) is 0 Å². The predicted octanol–water partition coefficient (Wildman–Crippen LogP) is 0.820. The van der Waals surface area contributed by atoms with E-state index in [0.717, 1.165) is 0 Å². The SMILES string of the molecule is COC(=O)CCC(=O)O/N=C(\N)c1cc(OC)cc(OC)c1. The van der Waals surface area contributed by atoms with Crippen LogP contribution in [0.1, 0.15) is 18.4 Å². The van der Waals surface area contributed by atoms with Crippen molar-refractivity contribution >= 4 is 17.8 Å². The maximum absolute atomic E-state index is 11.4. The topological polar surface area (TPSA) is 109 Å². The molecule has 0 aliphatic rings. The molecule has 0 bridgehead atoms. The van der Waals surface area contributed by atoms with Crippen LogP contribution in [-0.4, -0.2) is 39.1 Å². The standard InChI is InChI=1S/C14H18N2O6/c1-19-10-6-9(7-11(8-10)20-2)14(15)16-22-13(18)5-4-12(17)21-3/h6-8H,4-5H2,1-3H3,(H2,15,16). The third kappa shape index (κ3) is 5.31. The highest BCUT2D eigenvalue weighted by molar-refractivity contribution is 5.98. The summed E-state index contributed by atoms with van der Waals surface area (Å²) < 4.78 is 14.6. The Labute approximate surface area is 127 Å². The number of amidine groups is 1. The molecule has 0 radical (unpaired) electrons. The van der Waals surface area contributed by atoms with E-state index in [1.807, 2.05) is 0 Å². The van der Waals surface area contributed by atoms with E-state index in [4.69, 9.17) is 15.2 Å². The van der Waals surface area contributed by atoms with Gasteiger partial charge in [-0.3, -0.25) is 4.79 Å². The largest absolute Gasteiger partial charge is 0.497 e. The van der Waals surface area contributed by atoms with Gasteiger partial charge in [0.1, 0.15) is 11.5 Å². The first-order valence-electron chi connectivity index (χ1n) is 6.33. The number of nitrogens with two attached hydrogens (primary N) is 1. The van der Waals surface area contributed by atoms with Crippen molar-refractivity contribution in [2.45, 2.75) is 12.8 Å². The minimum Gasteiger partial charge on any atom is -0.497 e. The molecule has 0 unspecified atom stereocenters. The molecular weight excluding hydrogens is 292 g/mol. The molecule has 0 aromatic heterocycles. The monoisotopic (exact) mass is 310 g/mol. The van der Waals surface area contributed by atoms with Crippen LogP contribution in [0, 0.1) is 0 Å². The molecule has 22 heavy (non-hydrogen) atoms. The van der Waals surface area contributed by atoms with Gasteiger partial charge in [-0.15, -0.1) is 0 Å². The lowest BCUT2D eigenvalue weighted by atomic mass is 10.2. The Hall–Kier alpha value is -2.77. The molecule has 8 nitrogen and oxygen atoms in total. The average molecular weight is 310 g/mol. The Bertz CT molecular complexity index is 548. The van der Waals surface area contributed by atoms with E-state index < -0.39 is 11.9 Å². The molecule has 0 heterocycles. The first kappa shape index (κ1) is 17.3. The minimum atomic E-state index is -0.691. The minimum absolute atomic E-state index is 0.0244. The molecule has 2 N–H and O–H groups in total. The molecule has 0 saturated heterocycles. The fourth-order valence-electron chi connectivity index (χ4n) is 1.46. The van der Waals surface area contributed by atoms with E-state index in [0.29, 0.717) is 17.1 Å².